The fourth-order valence-corrected chi connectivity index (χ4v) is 3.97. The van der Waals surface area contributed by atoms with E-state index in [0.717, 1.165) is 19.3 Å². The molecule has 1 unspecified atom stereocenters. The third-order valence-electron chi connectivity index (χ3n) is 5.59. The van der Waals surface area contributed by atoms with Crippen LogP contribution >= 0.6 is 11.6 Å². The van der Waals surface area contributed by atoms with Gasteiger partial charge in [0.2, 0.25) is 0 Å². The number of aromatic amines is 1. The Bertz CT molecular complexity index is 841. The number of hydrogen-bond acceptors (Lipinski definition) is 8. The van der Waals surface area contributed by atoms with Gasteiger partial charge in [-0.15, -0.1) is 0 Å². The number of anilines is 1. The fourth-order valence-electron chi connectivity index (χ4n) is 3.82. The van der Waals surface area contributed by atoms with Crippen molar-refractivity contribution in [3.8, 4) is 0 Å². The monoisotopic (exact) mass is 456 g/mol. The van der Waals surface area contributed by atoms with Gasteiger partial charge in [-0.1, -0.05) is 11.6 Å². The molecule has 172 valence electrons. The van der Waals surface area contributed by atoms with Crippen LogP contribution in [0.4, 0.5) is 5.82 Å². The van der Waals surface area contributed by atoms with Gasteiger partial charge in [0.1, 0.15) is 18.0 Å². The number of esters is 1. The van der Waals surface area contributed by atoms with Gasteiger partial charge in [0, 0.05) is 26.8 Å². The minimum atomic E-state index is -0.615. The number of hydrogen-bond donors (Lipinski definition) is 3. The molecule has 31 heavy (non-hydrogen) atoms. The van der Waals surface area contributed by atoms with E-state index in [1.807, 2.05) is 4.90 Å². The van der Waals surface area contributed by atoms with Crippen LogP contribution in [-0.2, 0) is 19.0 Å². The molecule has 0 spiro atoms. The number of carbonyl (C=O) groups excluding carboxylic acids is 2. The number of pyridine rings is 1. The second-order valence-electron chi connectivity index (χ2n) is 7.82. The fraction of sp³-hybridized carbons (Fsp3) is 0.650. The summed E-state index contributed by atoms with van der Waals surface area (Å²) < 4.78 is 16.5. The van der Waals surface area contributed by atoms with Gasteiger partial charge in [-0.2, -0.15) is 0 Å². The summed E-state index contributed by atoms with van der Waals surface area (Å²) in [6, 6.07) is 0.921. The number of piperidine rings is 1. The quantitative estimate of drug-likeness (QED) is 0.506. The van der Waals surface area contributed by atoms with Crippen LogP contribution in [0.25, 0.3) is 0 Å². The number of methoxy groups -OCH3 is 1. The summed E-state index contributed by atoms with van der Waals surface area (Å²) in [5.74, 6) is -0.863. The molecule has 10 nitrogen and oxygen atoms in total. The van der Waals surface area contributed by atoms with Crippen LogP contribution in [-0.4, -0.2) is 80.0 Å². The lowest BCUT2D eigenvalue weighted by Gasteiger charge is -2.37. The van der Waals surface area contributed by atoms with Crippen molar-refractivity contribution in [2.75, 3.05) is 45.7 Å². The van der Waals surface area contributed by atoms with Gasteiger partial charge in [-0.3, -0.25) is 19.3 Å². The number of aromatic nitrogens is 1. The van der Waals surface area contributed by atoms with Crippen molar-refractivity contribution in [2.24, 2.45) is 0 Å². The third-order valence-corrected chi connectivity index (χ3v) is 5.90. The van der Waals surface area contributed by atoms with E-state index in [0.29, 0.717) is 26.1 Å². The third kappa shape index (κ3) is 6.42. The first kappa shape index (κ1) is 23.5. The molecule has 2 aliphatic rings. The van der Waals surface area contributed by atoms with E-state index >= 15 is 0 Å². The summed E-state index contributed by atoms with van der Waals surface area (Å²) in [5, 5.41) is 2.92. The minimum absolute atomic E-state index is 0.00762. The van der Waals surface area contributed by atoms with Crippen LogP contribution in [0, 0.1) is 0 Å². The van der Waals surface area contributed by atoms with Crippen LogP contribution in [0.5, 0.6) is 0 Å². The topological polar surface area (TPSA) is 136 Å². The minimum Gasteiger partial charge on any atom is -0.462 e. The standard InChI is InChI=1S/C20H29ClN4O6/c1-29-16-9-25(10-17(26)31-11-12-4-2-3-7-30-12)6-5-15(16)23-19(27)13-8-14(21)18(22)24-20(13)28/h8,12,15-16H,2-7,9-11H2,1H3,(H,23,27)(H3,22,24,28)/t12?,15-,16+/m0/s1. The molecule has 1 aromatic rings. The van der Waals surface area contributed by atoms with Gasteiger partial charge in [-0.25, -0.2) is 0 Å². The molecule has 3 rings (SSSR count). The zero-order chi connectivity index (χ0) is 22.4. The van der Waals surface area contributed by atoms with Crippen LogP contribution in [0.2, 0.25) is 5.02 Å². The highest BCUT2D eigenvalue weighted by molar-refractivity contribution is 6.33. The number of amides is 1. The Labute approximate surface area is 185 Å². The normalized spacial score (nSPS) is 24.5. The Morgan fingerprint density at radius 3 is 2.90 bits per heavy atom. The van der Waals surface area contributed by atoms with Gasteiger partial charge >= 0.3 is 5.97 Å². The number of ether oxygens (including phenoxy) is 3. The van der Waals surface area contributed by atoms with Gasteiger partial charge in [-0.05, 0) is 31.7 Å². The van der Waals surface area contributed by atoms with Gasteiger partial charge in [0.05, 0.1) is 29.8 Å². The van der Waals surface area contributed by atoms with Crippen molar-refractivity contribution in [3.05, 3.63) is 27.0 Å². The molecule has 1 aromatic heterocycles. The molecule has 1 amide bonds. The number of halogens is 1. The summed E-state index contributed by atoms with van der Waals surface area (Å²) in [6.45, 7) is 2.14. The summed E-state index contributed by atoms with van der Waals surface area (Å²) in [6.07, 6.45) is 3.22. The zero-order valence-corrected chi connectivity index (χ0v) is 18.3. The average molecular weight is 457 g/mol. The molecule has 2 aliphatic heterocycles. The van der Waals surface area contributed by atoms with Crippen LogP contribution in [0.1, 0.15) is 36.0 Å². The van der Waals surface area contributed by atoms with E-state index in [2.05, 4.69) is 10.3 Å². The second kappa shape index (κ2) is 10.9. The Kier molecular flexibility index (Phi) is 8.30. The summed E-state index contributed by atoms with van der Waals surface area (Å²) in [7, 11) is 1.54. The Hall–Kier alpha value is -2.14. The molecule has 3 heterocycles. The van der Waals surface area contributed by atoms with Crippen molar-refractivity contribution in [3.63, 3.8) is 0 Å². The number of rotatable bonds is 7. The summed E-state index contributed by atoms with van der Waals surface area (Å²) in [5.41, 5.74) is 4.81. The molecule has 0 bridgehead atoms. The van der Waals surface area contributed by atoms with E-state index in [-0.39, 0.29) is 53.8 Å². The predicted molar refractivity (Wildman–Crippen MR) is 114 cm³/mol. The number of nitrogens with two attached hydrogens (primary N) is 1. The first-order valence-corrected chi connectivity index (χ1v) is 10.8. The van der Waals surface area contributed by atoms with E-state index in [1.165, 1.54) is 6.07 Å². The van der Waals surface area contributed by atoms with Crippen molar-refractivity contribution in [2.45, 2.75) is 43.9 Å². The van der Waals surface area contributed by atoms with Crippen LogP contribution in [0.3, 0.4) is 0 Å². The van der Waals surface area contributed by atoms with Crippen molar-refractivity contribution in [1.82, 2.24) is 15.2 Å². The molecule has 0 saturated carbocycles. The van der Waals surface area contributed by atoms with Gasteiger partial charge in [0.15, 0.2) is 0 Å². The van der Waals surface area contributed by atoms with E-state index in [1.54, 1.807) is 7.11 Å². The molecule has 0 aliphatic carbocycles. The Morgan fingerprint density at radius 2 is 2.19 bits per heavy atom. The maximum atomic E-state index is 12.6. The SMILES string of the molecule is CO[C@@H]1CN(CC(=O)OCC2CCCCO2)CC[C@@H]1NC(=O)c1cc(Cl)c(N)[nH]c1=O. The molecule has 2 saturated heterocycles. The Morgan fingerprint density at radius 1 is 1.39 bits per heavy atom. The molecule has 2 fully saturated rings. The maximum Gasteiger partial charge on any atom is 0.320 e. The first-order valence-electron chi connectivity index (χ1n) is 10.4. The second-order valence-corrected chi connectivity index (χ2v) is 8.23. The summed E-state index contributed by atoms with van der Waals surface area (Å²) in [4.78, 5) is 41.1. The zero-order valence-electron chi connectivity index (χ0n) is 17.5. The molecular formula is C20H29ClN4O6. The van der Waals surface area contributed by atoms with Crippen LogP contribution < -0.4 is 16.6 Å². The smallest absolute Gasteiger partial charge is 0.320 e. The highest BCUT2D eigenvalue weighted by Gasteiger charge is 2.32. The maximum absolute atomic E-state index is 12.6. The van der Waals surface area contributed by atoms with E-state index < -0.39 is 11.5 Å². The number of likely N-dealkylation sites (tertiary alicyclic amines) is 1. The number of nitrogens with one attached hydrogen (secondary N) is 2. The highest BCUT2D eigenvalue weighted by Crippen LogP contribution is 2.17. The van der Waals surface area contributed by atoms with Crippen molar-refractivity contribution in [1.29, 1.82) is 0 Å². The number of carbonyl (C=O) groups is 2. The lowest BCUT2D eigenvalue weighted by molar-refractivity contribution is -0.151. The average Bonchev–Trinajstić information content (AvgIpc) is 2.76. The lowest BCUT2D eigenvalue weighted by Crippen LogP contribution is -2.56. The Balaban J connectivity index is 1.49. The van der Waals surface area contributed by atoms with E-state index in [4.69, 9.17) is 31.5 Å². The van der Waals surface area contributed by atoms with Crippen molar-refractivity contribution < 1.29 is 23.8 Å². The lowest BCUT2D eigenvalue weighted by atomic mass is 10.0. The molecule has 11 heteroatoms. The molecule has 0 radical (unpaired) electrons. The number of nitrogens with zero attached hydrogens (tertiary/aromatic N) is 1. The largest absolute Gasteiger partial charge is 0.462 e. The van der Waals surface area contributed by atoms with Crippen molar-refractivity contribution >= 4 is 29.3 Å². The highest BCUT2D eigenvalue weighted by atomic mass is 35.5. The number of nitrogen functional groups attached to an aromatic ring is 1. The molecule has 3 atom stereocenters. The first-order chi connectivity index (χ1) is 14.9. The van der Waals surface area contributed by atoms with Crippen LogP contribution in [0.15, 0.2) is 10.9 Å². The van der Waals surface area contributed by atoms with Gasteiger partial charge < -0.3 is 30.2 Å². The molecular weight excluding hydrogens is 428 g/mol. The van der Waals surface area contributed by atoms with Gasteiger partial charge in [0.25, 0.3) is 11.5 Å². The number of H-pyrrole nitrogens is 1. The molecule has 4 N–H and O–H groups in total. The van der Waals surface area contributed by atoms with E-state index in [9.17, 15) is 14.4 Å². The predicted octanol–water partition coefficient (Wildman–Crippen LogP) is 0.542. The summed E-state index contributed by atoms with van der Waals surface area (Å²) >= 11 is 5.91. The molecule has 0 aromatic carbocycles.